The average molecular weight is 353 g/mol. The van der Waals surface area contributed by atoms with Crippen LogP contribution >= 0.6 is 0 Å². The highest BCUT2D eigenvalue weighted by atomic mass is 14.3. The molecule has 1 aliphatic rings. The summed E-state index contributed by atoms with van der Waals surface area (Å²) >= 11 is 0. The van der Waals surface area contributed by atoms with Crippen molar-refractivity contribution in [3.05, 3.63) is 107 Å². The number of allylic oxidation sites excluding steroid dienone is 1. The van der Waals surface area contributed by atoms with Crippen LogP contribution in [0.5, 0.6) is 0 Å². The zero-order valence-corrected chi connectivity index (χ0v) is 16.2. The standard InChI is InChI=1S/C27H28/c1-3-5-8-21-11-14-22(15-12-21)24-18-23-9-6-7-10-26(23)27-16-13-20(4-2)17-25(27)19-24/h3,6-7,9-17,24H,1,4-5,8,18-19H2,2H3. The maximum atomic E-state index is 3.83. The summed E-state index contributed by atoms with van der Waals surface area (Å²) in [6.45, 7) is 6.08. The van der Waals surface area contributed by atoms with E-state index in [-0.39, 0.29) is 0 Å². The van der Waals surface area contributed by atoms with E-state index in [0.717, 1.165) is 32.1 Å². The van der Waals surface area contributed by atoms with Crippen LogP contribution in [0, 0.1) is 0 Å². The highest BCUT2D eigenvalue weighted by Crippen LogP contribution is 2.38. The average Bonchev–Trinajstić information content (AvgIpc) is 2.89. The minimum atomic E-state index is 0.535. The summed E-state index contributed by atoms with van der Waals surface area (Å²) in [5.74, 6) is 0.535. The van der Waals surface area contributed by atoms with Crippen LogP contribution in [0.1, 0.15) is 47.1 Å². The summed E-state index contributed by atoms with van der Waals surface area (Å²) in [5, 5.41) is 0. The number of benzene rings is 3. The van der Waals surface area contributed by atoms with Crippen LogP contribution < -0.4 is 0 Å². The molecule has 0 nitrogen and oxygen atoms in total. The Kier molecular flexibility index (Phi) is 5.25. The molecule has 0 N–H and O–H groups in total. The van der Waals surface area contributed by atoms with E-state index in [2.05, 4.69) is 80.2 Å². The molecule has 0 heterocycles. The van der Waals surface area contributed by atoms with Crippen LogP contribution in [0.4, 0.5) is 0 Å². The maximum absolute atomic E-state index is 3.83. The van der Waals surface area contributed by atoms with E-state index in [1.54, 1.807) is 0 Å². The van der Waals surface area contributed by atoms with E-state index < -0.39 is 0 Å². The van der Waals surface area contributed by atoms with Gasteiger partial charge < -0.3 is 0 Å². The molecule has 0 saturated heterocycles. The van der Waals surface area contributed by atoms with Gasteiger partial charge in [0.1, 0.15) is 0 Å². The van der Waals surface area contributed by atoms with Crippen LogP contribution in [-0.4, -0.2) is 0 Å². The normalized spacial score (nSPS) is 15.5. The molecular formula is C27H28. The molecule has 1 atom stereocenters. The second-order valence-corrected chi connectivity index (χ2v) is 7.68. The summed E-state index contributed by atoms with van der Waals surface area (Å²) in [6, 6.07) is 25.3. The van der Waals surface area contributed by atoms with Gasteiger partial charge in [-0.3, -0.25) is 0 Å². The first-order chi connectivity index (χ1) is 13.3. The van der Waals surface area contributed by atoms with Gasteiger partial charge in [0, 0.05) is 0 Å². The molecule has 0 bridgehead atoms. The maximum Gasteiger partial charge on any atom is -0.00806 e. The molecule has 0 heteroatoms. The van der Waals surface area contributed by atoms with E-state index in [1.165, 1.54) is 38.9 Å². The topological polar surface area (TPSA) is 0 Å². The van der Waals surface area contributed by atoms with Gasteiger partial charge in [-0.2, -0.15) is 0 Å². The predicted molar refractivity (Wildman–Crippen MR) is 116 cm³/mol. The van der Waals surface area contributed by atoms with Crippen molar-refractivity contribution in [2.75, 3.05) is 0 Å². The van der Waals surface area contributed by atoms with Crippen LogP contribution in [0.2, 0.25) is 0 Å². The first-order valence-corrected chi connectivity index (χ1v) is 10.2. The van der Waals surface area contributed by atoms with E-state index in [9.17, 15) is 0 Å². The van der Waals surface area contributed by atoms with Crippen LogP contribution in [0.3, 0.4) is 0 Å². The Morgan fingerprint density at radius 2 is 1.56 bits per heavy atom. The van der Waals surface area contributed by atoms with Crippen LogP contribution in [-0.2, 0) is 25.7 Å². The Morgan fingerprint density at radius 1 is 0.852 bits per heavy atom. The van der Waals surface area contributed by atoms with Crippen molar-refractivity contribution in [1.29, 1.82) is 0 Å². The minimum Gasteiger partial charge on any atom is -0.103 e. The summed E-state index contributed by atoms with van der Waals surface area (Å²) in [4.78, 5) is 0. The number of hydrogen-bond acceptors (Lipinski definition) is 0. The second kappa shape index (κ2) is 7.96. The lowest BCUT2D eigenvalue weighted by atomic mass is 9.87. The smallest absolute Gasteiger partial charge is 0.00806 e. The van der Waals surface area contributed by atoms with Gasteiger partial charge in [0.25, 0.3) is 0 Å². The number of aryl methyl sites for hydroxylation is 2. The minimum absolute atomic E-state index is 0.535. The van der Waals surface area contributed by atoms with Crippen molar-refractivity contribution in [3.8, 4) is 11.1 Å². The Labute approximate surface area is 163 Å². The quantitative estimate of drug-likeness (QED) is 0.437. The largest absolute Gasteiger partial charge is 0.103 e. The molecule has 0 spiro atoms. The zero-order valence-electron chi connectivity index (χ0n) is 16.2. The van der Waals surface area contributed by atoms with Gasteiger partial charge in [-0.1, -0.05) is 79.7 Å². The fraction of sp³-hybridized carbons (Fsp3) is 0.259. The molecule has 0 fully saturated rings. The third-order valence-corrected chi connectivity index (χ3v) is 5.91. The monoisotopic (exact) mass is 352 g/mol. The molecule has 0 aromatic heterocycles. The van der Waals surface area contributed by atoms with Crippen LogP contribution in [0.25, 0.3) is 11.1 Å². The molecule has 0 radical (unpaired) electrons. The second-order valence-electron chi connectivity index (χ2n) is 7.68. The van der Waals surface area contributed by atoms with Crippen molar-refractivity contribution in [1.82, 2.24) is 0 Å². The molecule has 1 unspecified atom stereocenters. The number of hydrogen-bond donors (Lipinski definition) is 0. The fourth-order valence-electron chi connectivity index (χ4n) is 4.32. The van der Waals surface area contributed by atoms with Crippen molar-refractivity contribution in [2.24, 2.45) is 0 Å². The lowest BCUT2D eigenvalue weighted by Gasteiger charge is -2.17. The van der Waals surface area contributed by atoms with E-state index >= 15 is 0 Å². The van der Waals surface area contributed by atoms with E-state index in [0.29, 0.717) is 5.92 Å². The highest BCUT2D eigenvalue weighted by molar-refractivity contribution is 5.72. The van der Waals surface area contributed by atoms with E-state index in [1.807, 2.05) is 6.08 Å². The van der Waals surface area contributed by atoms with Gasteiger partial charge in [0.15, 0.2) is 0 Å². The number of fused-ring (bicyclic) bond motifs is 3. The van der Waals surface area contributed by atoms with Gasteiger partial charge in [0.2, 0.25) is 0 Å². The molecule has 0 aliphatic heterocycles. The Hall–Kier alpha value is -2.60. The Bertz CT molecular complexity index is 931. The van der Waals surface area contributed by atoms with Crippen LogP contribution in [0.15, 0.2) is 79.4 Å². The zero-order chi connectivity index (χ0) is 18.6. The molecule has 1 aliphatic carbocycles. The van der Waals surface area contributed by atoms with Gasteiger partial charge in [-0.15, -0.1) is 6.58 Å². The molecular weight excluding hydrogens is 324 g/mol. The SMILES string of the molecule is C=CCCc1ccc(C2Cc3ccccc3-c3ccc(CC)cc3C2)cc1. The Morgan fingerprint density at radius 3 is 2.33 bits per heavy atom. The lowest BCUT2D eigenvalue weighted by molar-refractivity contribution is 0.687. The Balaban J connectivity index is 1.72. The molecule has 27 heavy (non-hydrogen) atoms. The van der Waals surface area contributed by atoms with Gasteiger partial charge in [-0.25, -0.2) is 0 Å². The first-order valence-electron chi connectivity index (χ1n) is 10.2. The molecule has 0 amide bonds. The first kappa shape index (κ1) is 17.8. The van der Waals surface area contributed by atoms with Crippen molar-refractivity contribution >= 4 is 0 Å². The summed E-state index contributed by atoms with van der Waals surface area (Å²) in [6.07, 6.45) is 7.45. The molecule has 136 valence electrons. The number of rotatable bonds is 5. The third kappa shape index (κ3) is 3.76. The van der Waals surface area contributed by atoms with Crippen molar-refractivity contribution in [3.63, 3.8) is 0 Å². The molecule has 3 aromatic carbocycles. The highest BCUT2D eigenvalue weighted by Gasteiger charge is 2.22. The molecule has 4 rings (SSSR count). The molecule has 0 saturated carbocycles. The van der Waals surface area contributed by atoms with Gasteiger partial charge in [0.05, 0.1) is 0 Å². The van der Waals surface area contributed by atoms with Gasteiger partial charge >= 0.3 is 0 Å². The summed E-state index contributed by atoms with van der Waals surface area (Å²) in [5.41, 5.74) is 10.1. The van der Waals surface area contributed by atoms with Gasteiger partial charge in [-0.05, 0) is 77.0 Å². The predicted octanol–water partition coefficient (Wildman–Crippen LogP) is 6.92. The molecule has 3 aromatic rings. The third-order valence-electron chi connectivity index (χ3n) is 5.91. The van der Waals surface area contributed by atoms with E-state index in [4.69, 9.17) is 0 Å². The van der Waals surface area contributed by atoms with Crippen molar-refractivity contribution < 1.29 is 0 Å². The fourth-order valence-corrected chi connectivity index (χ4v) is 4.32. The lowest BCUT2D eigenvalue weighted by Crippen LogP contribution is -2.05. The van der Waals surface area contributed by atoms with Crippen molar-refractivity contribution in [2.45, 2.75) is 44.9 Å². The summed E-state index contributed by atoms with van der Waals surface area (Å²) < 4.78 is 0. The summed E-state index contributed by atoms with van der Waals surface area (Å²) in [7, 11) is 0.